The van der Waals surface area contributed by atoms with Crippen LogP contribution in [0, 0.1) is 17.6 Å². The second kappa shape index (κ2) is 4.19. The van der Waals surface area contributed by atoms with Crippen molar-refractivity contribution in [1.29, 1.82) is 0 Å². The summed E-state index contributed by atoms with van der Waals surface area (Å²) in [5, 5.41) is 0. The van der Waals surface area contributed by atoms with Crippen LogP contribution in [0.2, 0.25) is 0 Å². The summed E-state index contributed by atoms with van der Waals surface area (Å²) < 4.78 is 28.9. The largest absolute Gasteiger partial charge is 0.324 e. The second-order valence-electron chi connectivity index (χ2n) is 4.87. The normalized spacial score (nSPS) is 17.3. The fraction of sp³-hybridized carbons (Fsp3) is 0.462. The van der Waals surface area contributed by atoms with Crippen molar-refractivity contribution in [3.05, 3.63) is 29.6 Å². The zero-order valence-corrected chi connectivity index (χ0v) is 10.7. The van der Waals surface area contributed by atoms with Crippen molar-refractivity contribution in [3.63, 3.8) is 0 Å². The van der Waals surface area contributed by atoms with Crippen LogP contribution < -0.4 is 0 Å². The van der Waals surface area contributed by atoms with Gasteiger partial charge in [-0.1, -0.05) is 0 Å². The molecule has 0 N–H and O–H groups in total. The van der Waals surface area contributed by atoms with Crippen LogP contribution in [0.4, 0.5) is 8.78 Å². The summed E-state index contributed by atoms with van der Waals surface area (Å²) in [5.74, 6) is 0.168. The Labute approximate surface area is 109 Å². The van der Waals surface area contributed by atoms with E-state index in [9.17, 15) is 8.78 Å². The van der Waals surface area contributed by atoms with E-state index in [1.165, 1.54) is 6.07 Å². The smallest absolute Gasteiger partial charge is 0.153 e. The summed E-state index contributed by atoms with van der Waals surface area (Å²) in [6, 6.07) is 2.38. The molecule has 1 aromatic heterocycles. The molecule has 0 aliphatic heterocycles. The monoisotopic (exact) mass is 270 g/mol. The maximum Gasteiger partial charge on any atom is 0.153 e. The Hall–Kier alpha value is -1.16. The van der Waals surface area contributed by atoms with E-state index in [4.69, 9.17) is 11.6 Å². The van der Waals surface area contributed by atoms with Gasteiger partial charge in [0, 0.05) is 12.1 Å². The second-order valence-corrected chi connectivity index (χ2v) is 5.13. The molecule has 2 aromatic rings. The SMILES string of the molecule is CC(C1CC1)n1c(CCl)nc2c(F)cc(F)cc21. The number of hydrogen-bond donors (Lipinski definition) is 0. The van der Waals surface area contributed by atoms with Crippen LogP contribution in [0.5, 0.6) is 0 Å². The molecule has 18 heavy (non-hydrogen) atoms. The van der Waals surface area contributed by atoms with E-state index >= 15 is 0 Å². The summed E-state index contributed by atoms with van der Waals surface area (Å²) in [6.07, 6.45) is 2.31. The standard InChI is InChI=1S/C13H13ClF2N2/c1-7(8-2-3-8)18-11-5-9(15)4-10(16)13(11)17-12(18)6-14/h4-5,7-8H,2-3,6H2,1H3. The van der Waals surface area contributed by atoms with E-state index in [-0.39, 0.29) is 17.4 Å². The van der Waals surface area contributed by atoms with Gasteiger partial charge in [0.2, 0.25) is 0 Å². The number of nitrogens with zero attached hydrogens (tertiary/aromatic N) is 2. The summed E-state index contributed by atoms with van der Waals surface area (Å²) in [5.41, 5.74) is 0.710. The minimum atomic E-state index is -0.627. The number of hydrogen-bond acceptors (Lipinski definition) is 1. The van der Waals surface area contributed by atoms with E-state index in [1.807, 2.05) is 4.57 Å². The number of rotatable bonds is 3. The van der Waals surface area contributed by atoms with Gasteiger partial charge in [-0.15, -0.1) is 11.6 Å². The van der Waals surface area contributed by atoms with Crippen molar-refractivity contribution in [2.24, 2.45) is 5.92 Å². The Kier molecular flexibility index (Phi) is 2.77. The molecule has 96 valence electrons. The van der Waals surface area contributed by atoms with Crippen molar-refractivity contribution < 1.29 is 8.78 Å². The van der Waals surface area contributed by atoms with E-state index in [1.54, 1.807) is 0 Å². The Morgan fingerprint density at radius 3 is 2.78 bits per heavy atom. The molecule has 1 unspecified atom stereocenters. The van der Waals surface area contributed by atoms with Crippen LogP contribution in [-0.2, 0) is 5.88 Å². The molecule has 0 radical (unpaired) electrons. The third-order valence-corrected chi connectivity index (χ3v) is 3.86. The van der Waals surface area contributed by atoms with Gasteiger partial charge >= 0.3 is 0 Å². The van der Waals surface area contributed by atoms with E-state index < -0.39 is 11.6 Å². The predicted molar refractivity (Wildman–Crippen MR) is 66.6 cm³/mol. The number of alkyl halides is 1. The van der Waals surface area contributed by atoms with Crippen LogP contribution in [-0.4, -0.2) is 9.55 Å². The van der Waals surface area contributed by atoms with Gasteiger partial charge in [0.05, 0.1) is 11.4 Å². The molecule has 1 saturated carbocycles. The maximum absolute atomic E-state index is 13.7. The highest BCUT2D eigenvalue weighted by Crippen LogP contribution is 2.41. The quantitative estimate of drug-likeness (QED) is 0.770. The van der Waals surface area contributed by atoms with Gasteiger partial charge in [0.25, 0.3) is 0 Å². The molecule has 0 amide bonds. The Balaban J connectivity index is 2.25. The maximum atomic E-state index is 13.7. The number of benzene rings is 1. The first-order chi connectivity index (χ1) is 8.61. The molecule has 1 atom stereocenters. The Bertz CT molecular complexity index is 605. The summed E-state index contributed by atoms with van der Waals surface area (Å²) in [4.78, 5) is 4.19. The van der Waals surface area contributed by atoms with Gasteiger partial charge in [0.1, 0.15) is 17.2 Å². The van der Waals surface area contributed by atoms with Gasteiger partial charge in [-0.3, -0.25) is 0 Å². The lowest BCUT2D eigenvalue weighted by atomic mass is 10.2. The van der Waals surface area contributed by atoms with Crippen molar-refractivity contribution in [2.45, 2.75) is 31.7 Å². The van der Waals surface area contributed by atoms with Crippen molar-refractivity contribution in [1.82, 2.24) is 9.55 Å². The molecule has 1 fully saturated rings. The molecule has 5 heteroatoms. The first-order valence-electron chi connectivity index (χ1n) is 6.03. The molecule has 0 bridgehead atoms. The number of halogens is 3. The average Bonchev–Trinajstić information content (AvgIpc) is 3.09. The highest BCUT2D eigenvalue weighted by Gasteiger charge is 2.31. The zero-order valence-electron chi connectivity index (χ0n) is 9.96. The molecule has 0 saturated heterocycles. The summed E-state index contributed by atoms with van der Waals surface area (Å²) in [7, 11) is 0. The fourth-order valence-electron chi connectivity index (χ4n) is 2.51. The minimum absolute atomic E-state index is 0.185. The summed E-state index contributed by atoms with van der Waals surface area (Å²) in [6.45, 7) is 2.05. The lowest BCUT2D eigenvalue weighted by Gasteiger charge is -2.16. The number of aromatic nitrogens is 2. The molecule has 1 aromatic carbocycles. The van der Waals surface area contributed by atoms with E-state index in [0.29, 0.717) is 17.3 Å². The fourth-order valence-corrected chi connectivity index (χ4v) is 2.70. The van der Waals surface area contributed by atoms with Gasteiger partial charge in [0.15, 0.2) is 5.82 Å². The third-order valence-electron chi connectivity index (χ3n) is 3.62. The van der Waals surface area contributed by atoms with Crippen LogP contribution in [0.25, 0.3) is 11.0 Å². The lowest BCUT2D eigenvalue weighted by Crippen LogP contribution is -2.10. The topological polar surface area (TPSA) is 17.8 Å². The van der Waals surface area contributed by atoms with Gasteiger partial charge < -0.3 is 4.57 Å². The molecule has 3 rings (SSSR count). The molecular formula is C13H13ClF2N2. The van der Waals surface area contributed by atoms with E-state index in [2.05, 4.69) is 11.9 Å². The van der Waals surface area contributed by atoms with Crippen molar-refractivity contribution in [2.75, 3.05) is 0 Å². The van der Waals surface area contributed by atoms with Gasteiger partial charge in [-0.05, 0) is 31.7 Å². The highest BCUT2D eigenvalue weighted by molar-refractivity contribution is 6.16. The Morgan fingerprint density at radius 2 is 2.17 bits per heavy atom. The number of imidazole rings is 1. The molecule has 2 nitrogen and oxygen atoms in total. The van der Waals surface area contributed by atoms with Crippen LogP contribution in [0.15, 0.2) is 12.1 Å². The first kappa shape index (κ1) is 11.9. The van der Waals surface area contributed by atoms with Crippen molar-refractivity contribution in [3.8, 4) is 0 Å². The Morgan fingerprint density at radius 1 is 1.44 bits per heavy atom. The summed E-state index contributed by atoms with van der Waals surface area (Å²) >= 11 is 5.87. The first-order valence-corrected chi connectivity index (χ1v) is 6.57. The van der Waals surface area contributed by atoms with Crippen LogP contribution in [0.1, 0.15) is 31.6 Å². The zero-order chi connectivity index (χ0) is 12.9. The van der Waals surface area contributed by atoms with Crippen LogP contribution >= 0.6 is 11.6 Å². The minimum Gasteiger partial charge on any atom is -0.324 e. The lowest BCUT2D eigenvalue weighted by molar-refractivity contribution is 0.485. The molecule has 0 spiro atoms. The van der Waals surface area contributed by atoms with Crippen LogP contribution in [0.3, 0.4) is 0 Å². The molecular weight excluding hydrogens is 258 g/mol. The predicted octanol–water partition coefficient (Wildman–Crippen LogP) is 4.02. The van der Waals surface area contributed by atoms with Crippen molar-refractivity contribution >= 4 is 22.6 Å². The van der Waals surface area contributed by atoms with E-state index in [0.717, 1.165) is 18.9 Å². The average molecular weight is 271 g/mol. The molecule has 1 aliphatic rings. The van der Waals surface area contributed by atoms with Gasteiger partial charge in [-0.2, -0.15) is 0 Å². The molecule has 1 aliphatic carbocycles. The highest BCUT2D eigenvalue weighted by atomic mass is 35.5. The van der Waals surface area contributed by atoms with Gasteiger partial charge in [-0.25, -0.2) is 13.8 Å². The molecule has 1 heterocycles. The number of fused-ring (bicyclic) bond motifs is 1. The third kappa shape index (κ3) is 1.79.